The molecule has 36 heavy (non-hydrogen) atoms. The van der Waals surface area contributed by atoms with Gasteiger partial charge in [0.25, 0.3) is 0 Å². The van der Waals surface area contributed by atoms with E-state index in [9.17, 15) is 19.1 Å². The van der Waals surface area contributed by atoms with Crippen molar-refractivity contribution in [3.63, 3.8) is 0 Å². The van der Waals surface area contributed by atoms with Gasteiger partial charge in [-0.25, -0.2) is 14.2 Å². The minimum atomic E-state index is -0.745. The first kappa shape index (κ1) is 23.6. The van der Waals surface area contributed by atoms with E-state index in [2.05, 4.69) is 23.1 Å². The van der Waals surface area contributed by atoms with E-state index in [0.717, 1.165) is 0 Å². The van der Waals surface area contributed by atoms with Gasteiger partial charge in [-0.2, -0.15) is 4.98 Å². The van der Waals surface area contributed by atoms with Crippen LogP contribution in [0.2, 0.25) is 5.02 Å². The van der Waals surface area contributed by atoms with Crippen LogP contribution in [0.15, 0.2) is 54.4 Å². The maximum Gasteiger partial charge on any atom is 0.355 e. The number of nitrogens with zero attached hydrogens (tertiary/aromatic N) is 5. The lowest BCUT2D eigenvalue weighted by molar-refractivity contribution is -0.126. The molecule has 1 amide bonds. The molecule has 2 aliphatic heterocycles. The monoisotopic (exact) mass is 509 g/mol. The zero-order chi connectivity index (χ0) is 25.6. The number of amides is 1. The number of benzene rings is 1. The topological polar surface area (TPSA) is 101 Å². The number of carbonyl (C=O) groups is 1. The van der Waals surface area contributed by atoms with Crippen molar-refractivity contribution >= 4 is 40.6 Å². The van der Waals surface area contributed by atoms with Gasteiger partial charge in [0.05, 0.1) is 11.6 Å². The number of halogens is 2. The van der Waals surface area contributed by atoms with Crippen LogP contribution in [0, 0.1) is 5.82 Å². The summed E-state index contributed by atoms with van der Waals surface area (Å²) in [5.41, 5.74) is -0.829. The van der Waals surface area contributed by atoms with Gasteiger partial charge in [0.2, 0.25) is 5.91 Å². The summed E-state index contributed by atoms with van der Waals surface area (Å²) < 4.78 is 22.2. The van der Waals surface area contributed by atoms with Crippen LogP contribution in [0.4, 0.5) is 10.2 Å². The van der Waals surface area contributed by atoms with Gasteiger partial charge < -0.3 is 19.6 Å². The van der Waals surface area contributed by atoms with Crippen LogP contribution >= 0.6 is 11.6 Å². The molecule has 1 aromatic carbocycles. The van der Waals surface area contributed by atoms with E-state index in [0.29, 0.717) is 30.8 Å². The molecule has 2 aliphatic rings. The Hall–Kier alpha value is -4.18. The molecule has 0 bridgehead atoms. The normalized spacial score (nSPS) is 17.0. The quantitative estimate of drug-likeness (QED) is 0.426. The Morgan fingerprint density at radius 3 is 2.81 bits per heavy atom. The second kappa shape index (κ2) is 9.12. The molecule has 0 aliphatic carbocycles. The molecule has 1 saturated heterocycles. The fourth-order valence-corrected chi connectivity index (χ4v) is 4.81. The fourth-order valence-electron chi connectivity index (χ4n) is 4.52. The second-order valence-corrected chi connectivity index (χ2v) is 8.63. The largest absolute Gasteiger partial charge is 0.507 e. The van der Waals surface area contributed by atoms with Crippen LogP contribution in [0.5, 0.6) is 11.5 Å². The average Bonchev–Trinajstić information content (AvgIpc) is 3.03. The summed E-state index contributed by atoms with van der Waals surface area (Å²) >= 11 is 6.73. The Balaban J connectivity index is 1.80. The second-order valence-electron chi connectivity index (χ2n) is 8.25. The summed E-state index contributed by atoms with van der Waals surface area (Å²) in [5.74, 6) is -0.869. The standard InChI is InChI=1S/C25H21ClFN5O4/c1-3-5-9-32-23-19-22(20(26)21(28-23)18-15(27)7-6-8-16(18)33)36-13-14-12-30(17(34)4-2)10-11-31(14)24(19)29-25(32)35/h3-9,14,33H,1-2,10-13H2/b9-5+/t14-/m0/s1. The van der Waals surface area contributed by atoms with Crippen molar-refractivity contribution in [1.82, 2.24) is 19.4 Å². The van der Waals surface area contributed by atoms with Crippen LogP contribution in [0.25, 0.3) is 28.5 Å². The van der Waals surface area contributed by atoms with Gasteiger partial charge in [0.1, 0.15) is 40.1 Å². The van der Waals surface area contributed by atoms with Gasteiger partial charge in [-0.3, -0.25) is 9.36 Å². The first-order chi connectivity index (χ1) is 17.3. The lowest BCUT2D eigenvalue weighted by Gasteiger charge is -2.40. The molecule has 0 saturated carbocycles. The minimum absolute atomic E-state index is 0.0391. The molecular formula is C25H21ClFN5O4. The van der Waals surface area contributed by atoms with Crippen molar-refractivity contribution in [2.75, 3.05) is 31.1 Å². The van der Waals surface area contributed by atoms with Crippen molar-refractivity contribution in [1.29, 1.82) is 0 Å². The predicted molar refractivity (Wildman–Crippen MR) is 135 cm³/mol. The van der Waals surface area contributed by atoms with E-state index in [-0.39, 0.29) is 52.0 Å². The number of piperazine rings is 1. The van der Waals surface area contributed by atoms with Gasteiger partial charge in [-0.15, -0.1) is 0 Å². The molecule has 2 aromatic heterocycles. The molecule has 11 heteroatoms. The van der Waals surface area contributed by atoms with Gasteiger partial charge in [-0.1, -0.05) is 36.9 Å². The lowest BCUT2D eigenvalue weighted by atomic mass is 10.1. The lowest BCUT2D eigenvalue weighted by Crippen LogP contribution is -2.56. The molecule has 4 heterocycles. The van der Waals surface area contributed by atoms with Gasteiger partial charge >= 0.3 is 5.69 Å². The number of anilines is 1. The molecule has 1 atom stereocenters. The molecule has 3 aromatic rings. The molecule has 1 N–H and O–H groups in total. The van der Waals surface area contributed by atoms with Crippen molar-refractivity contribution in [3.8, 4) is 22.8 Å². The molecule has 184 valence electrons. The van der Waals surface area contributed by atoms with Gasteiger partial charge in [0.15, 0.2) is 11.4 Å². The highest BCUT2D eigenvalue weighted by atomic mass is 35.5. The Bertz CT molecular complexity index is 1500. The summed E-state index contributed by atoms with van der Waals surface area (Å²) in [6, 6.07) is 3.50. The van der Waals surface area contributed by atoms with Crippen molar-refractivity contribution in [3.05, 3.63) is 70.9 Å². The predicted octanol–water partition coefficient (Wildman–Crippen LogP) is 3.21. The number of ether oxygens (including phenoxy) is 1. The Labute approximate surface area is 210 Å². The number of rotatable bonds is 4. The smallest absolute Gasteiger partial charge is 0.355 e. The summed E-state index contributed by atoms with van der Waals surface area (Å²) in [7, 11) is 0. The van der Waals surface area contributed by atoms with E-state index in [1.54, 1.807) is 4.90 Å². The first-order valence-electron chi connectivity index (χ1n) is 11.1. The van der Waals surface area contributed by atoms with E-state index < -0.39 is 11.5 Å². The number of hydrogen-bond donors (Lipinski definition) is 1. The molecule has 1 fully saturated rings. The average molecular weight is 510 g/mol. The van der Waals surface area contributed by atoms with Crippen LogP contribution in [0.1, 0.15) is 0 Å². The van der Waals surface area contributed by atoms with Gasteiger partial charge in [0, 0.05) is 25.8 Å². The Morgan fingerprint density at radius 1 is 1.28 bits per heavy atom. The minimum Gasteiger partial charge on any atom is -0.507 e. The highest BCUT2D eigenvalue weighted by Crippen LogP contribution is 2.46. The zero-order valence-electron chi connectivity index (χ0n) is 19.0. The first-order valence-corrected chi connectivity index (χ1v) is 11.5. The van der Waals surface area contributed by atoms with Crippen LogP contribution < -0.4 is 15.3 Å². The van der Waals surface area contributed by atoms with E-state index in [1.807, 2.05) is 4.90 Å². The number of hydrogen-bond acceptors (Lipinski definition) is 7. The van der Waals surface area contributed by atoms with E-state index in [4.69, 9.17) is 16.3 Å². The summed E-state index contributed by atoms with van der Waals surface area (Å²) in [6.45, 7) is 8.37. The number of pyridine rings is 1. The number of aromatic hydroxyl groups is 1. The summed E-state index contributed by atoms with van der Waals surface area (Å²) in [4.78, 5) is 37.8. The van der Waals surface area contributed by atoms with Crippen LogP contribution in [-0.4, -0.2) is 62.7 Å². The number of phenols is 1. The van der Waals surface area contributed by atoms with E-state index in [1.165, 1.54) is 47.2 Å². The maximum absolute atomic E-state index is 14.8. The molecule has 0 spiro atoms. The number of phenolic OH excluding ortho intramolecular Hbond substituents is 1. The third-order valence-corrected chi connectivity index (χ3v) is 6.55. The molecule has 0 unspecified atom stereocenters. The third-order valence-electron chi connectivity index (χ3n) is 6.20. The molecule has 5 rings (SSSR count). The van der Waals surface area contributed by atoms with Crippen LogP contribution in [-0.2, 0) is 4.79 Å². The summed E-state index contributed by atoms with van der Waals surface area (Å²) in [6.07, 6.45) is 5.69. The molecular weight excluding hydrogens is 489 g/mol. The SMILES string of the molecule is C=C/C=C/n1c(=O)nc2c3c(c(Cl)c(-c4c(O)cccc4F)nc31)OC[C@@H]1CN(C(=O)C=C)CCN21. The zero-order valence-corrected chi connectivity index (χ0v) is 19.8. The number of fused-ring (bicyclic) bond motifs is 2. The highest BCUT2D eigenvalue weighted by Gasteiger charge is 2.37. The Morgan fingerprint density at radius 2 is 2.08 bits per heavy atom. The van der Waals surface area contributed by atoms with Crippen molar-refractivity contribution < 1.29 is 19.0 Å². The molecule has 9 nitrogen and oxygen atoms in total. The van der Waals surface area contributed by atoms with E-state index >= 15 is 0 Å². The van der Waals surface area contributed by atoms with Gasteiger partial charge in [-0.05, 0) is 24.3 Å². The summed E-state index contributed by atoms with van der Waals surface area (Å²) in [5, 5.41) is 10.7. The Kier molecular flexibility index (Phi) is 5.97. The highest BCUT2D eigenvalue weighted by molar-refractivity contribution is 6.36. The van der Waals surface area contributed by atoms with Crippen LogP contribution in [0.3, 0.4) is 0 Å². The maximum atomic E-state index is 14.8. The molecule has 0 radical (unpaired) electrons. The fraction of sp³-hybridized carbons (Fsp3) is 0.200. The number of allylic oxidation sites excluding steroid dienone is 2. The number of carbonyl (C=O) groups excluding carboxylic acids is 1. The van der Waals surface area contributed by atoms with Crippen molar-refractivity contribution in [2.45, 2.75) is 6.04 Å². The van der Waals surface area contributed by atoms with Crippen molar-refractivity contribution in [2.24, 2.45) is 0 Å². The third kappa shape index (κ3) is 3.70. The number of aromatic nitrogens is 3.